The molecule has 1 aliphatic rings. The van der Waals surface area contributed by atoms with Gasteiger partial charge in [0.2, 0.25) is 0 Å². The Bertz CT molecular complexity index is 392. The van der Waals surface area contributed by atoms with Gasteiger partial charge >= 0.3 is 0 Å². The zero-order valence-corrected chi connectivity index (χ0v) is 13.0. The van der Waals surface area contributed by atoms with E-state index in [1.54, 1.807) is 0 Å². The number of nitrogens with one attached hydrogen (secondary N) is 1. The molecule has 0 bridgehead atoms. The highest BCUT2D eigenvalue weighted by Crippen LogP contribution is 2.28. The molecular formula is C14H21IN2. The molecule has 1 saturated heterocycles. The van der Waals surface area contributed by atoms with Crippen molar-refractivity contribution in [1.82, 2.24) is 5.32 Å². The van der Waals surface area contributed by atoms with Crippen molar-refractivity contribution in [3.8, 4) is 0 Å². The van der Waals surface area contributed by atoms with Crippen LogP contribution in [0.4, 0.5) is 5.69 Å². The van der Waals surface area contributed by atoms with E-state index in [1.807, 2.05) is 0 Å². The number of nitrogens with zero attached hydrogens (tertiary/aromatic N) is 1. The summed E-state index contributed by atoms with van der Waals surface area (Å²) in [6.07, 6.45) is 1.24. The minimum absolute atomic E-state index is 0.675. The third kappa shape index (κ3) is 2.76. The van der Waals surface area contributed by atoms with Gasteiger partial charge in [-0.2, -0.15) is 0 Å². The minimum Gasteiger partial charge on any atom is -0.371 e. The predicted octanol–water partition coefficient (Wildman–Crippen LogP) is 3.03. The fourth-order valence-corrected chi connectivity index (χ4v) is 3.22. The number of rotatable bonds is 2. The topological polar surface area (TPSA) is 15.3 Å². The Kier molecular flexibility index (Phi) is 4.31. The van der Waals surface area contributed by atoms with Crippen molar-refractivity contribution < 1.29 is 0 Å². The molecular weight excluding hydrogens is 323 g/mol. The second-order valence-electron chi connectivity index (χ2n) is 4.99. The van der Waals surface area contributed by atoms with Crippen molar-refractivity contribution in [2.24, 2.45) is 5.92 Å². The van der Waals surface area contributed by atoms with Crippen molar-refractivity contribution in [2.75, 3.05) is 25.0 Å². The van der Waals surface area contributed by atoms with Crippen LogP contribution < -0.4 is 10.2 Å². The third-order valence-corrected chi connectivity index (χ3v) is 5.02. The lowest BCUT2D eigenvalue weighted by atomic mass is 9.93. The molecule has 0 amide bonds. The fraction of sp³-hybridized carbons (Fsp3) is 0.571. The van der Waals surface area contributed by atoms with Gasteiger partial charge in [0.15, 0.2) is 0 Å². The Labute approximate surface area is 118 Å². The van der Waals surface area contributed by atoms with Crippen LogP contribution in [0.1, 0.15) is 18.9 Å². The van der Waals surface area contributed by atoms with E-state index < -0.39 is 0 Å². The van der Waals surface area contributed by atoms with Crippen LogP contribution in [0, 0.1) is 16.4 Å². The van der Waals surface area contributed by atoms with Crippen LogP contribution in [-0.4, -0.2) is 26.2 Å². The van der Waals surface area contributed by atoms with Gasteiger partial charge in [-0.3, -0.25) is 0 Å². The second-order valence-corrected chi connectivity index (χ2v) is 6.15. The fourth-order valence-electron chi connectivity index (χ4n) is 2.73. The maximum atomic E-state index is 3.42. The van der Waals surface area contributed by atoms with E-state index in [4.69, 9.17) is 0 Å². The first-order chi connectivity index (χ1) is 8.13. The summed E-state index contributed by atoms with van der Waals surface area (Å²) in [5.74, 6) is 0.714. The molecule has 2 rings (SSSR count). The van der Waals surface area contributed by atoms with Gasteiger partial charge in [-0.1, -0.05) is 13.0 Å². The first-order valence-corrected chi connectivity index (χ1v) is 7.38. The zero-order valence-electron chi connectivity index (χ0n) is 10.8. The van der Waals surface area contributed by atoms with Crippen LogP contribution in [0.15, 0.2) is 18.2 Å². The van der Waals surface area contributed by atoms with Gasteiger partial charge in [0, 0.05) is 28.4 Å². The van der Waals surface area contributed by atoms with Gasteiger partial charge in [-0.05, 0) is 66.6 Å². The highest BCUT2D eigenvalue weighted by molar-refractivity contribution is 14.1. The van der Waals surface area contributed by atoms with Crippen molar-refractivity contribution in [3.63, 3.8) is 0 Å². The highest BCUT2D eigenvalue weighted by atomic mass is 127. The normalized spacial score (nSPS) is 25.1. The van der Waals surface area contributed by atoms with Gasteiger partial charge in [-0.15, -0.1) is 0 Å². The summed E-state index contributed by atoms with van der Waals surface area (Å²) in [5.41, 5.74) is 2.83. The summed E-state index contributed by atoms with van der Waals surface area (Å²) in [4.78, 5) is 2.54. The van der Waals surface area contributed by atoms with E-state index in [0.29, 0.717) is 12.0 Å². The minimum atomic E-state index is 0.675. The lowest BCUT2D eigenvalue weighted by molar-refractivity contribution is 0.338. The van der Waals surface area contributed by atoms with Crippen LogP contribution >= 0.6 is 22.6 Å². The molecule has 1 aliphatic heterocycles. The monoisotopic (exact) mass is 344 g/mol. The summed E-state index contributed by atoms with van der Waals surface area (Å²) in [7, 11) is 2.08. The van der Waals surface area contributed by atoms with E-state index in [-0.39, 0.29) is 0 Å². The van der Waals surface area contributed by atoms with Gasteiger partial charge < -0.3 is 10.2 Å². The molecule has 1 heterocycles. The van der Waals surface area contributed by atoms with E-state index >= 15 is 0 Å². The quantitative estimate of drug-likeness (QED) is 0.830. The van der Waals surface area contributed by atoms with Crippen LogP contribution in [-0.2, 0) is 0 Å². The summed E-state index contributed by atoms with van der Waals surface area (Å²) >= 11 is 2.42. The molecule has 1 fully saturated rings. The number of anilines is 1. The smallest absolute Gasteiger partial charge is 0.0406 e. The molecule has 1 aromatic rings. The molecule has 2 nitrogen and oxygen atoms in total. The van der Waals surface area contributed by atoms with Gasteiger partial charge in [-0.25, -0.2) is 0 Å². The van der Waals surface area contributed by atoms with Crippen molar-refractivity contribution in [2.45, 2.75) is 26.3 Å². The number of hydrogen-bond donors (Lipinski definition) is 1. The number of piperidine rings is 1. The van der Waals surface area contributed by atoms with Crippen LogP contribution in [0.5, 0.6) is 0 Å². The third-order valence-electron chi connectivity index (χ3n) is 3.86. The van der Waals surface area contributed by atoms with Crippen molar-refractivity contribution >= 4 is 28.3 Å². The van der Waals surface area contributed by atoms with Crippen molar-refractivity contribution in [3.05, 3.63) is 27.3 Å². The zero-order chi connectivity index (χ0) is 12.4. The number of hydrogen-bond acceptors (Lipinski definition) is 2. The molecule has 0 aliphatic carbocycles. The highest BCUT2D eigenvalue weighted by Gasteiger charge is 2.25. The molecule has 94 valence electrons. The lowest BCUT2D eigenvalue weighted by Gasteiger charge is -2.39. The Morgan fingerprint density at radius 1 is 1.41 bits per heavy atom. The van der Waals surface area contributed by atoms with Gasteiger partial charge in [0.25, 0.3) is 0 Å². The number of benzene rings is 1. The van der Waals surface area contributed by atoms with Crippen LogP contribution in [0.25, 0.3) is 0 Å². The Hall–Kier alpha value is -0.290. The van der Waals surface area contributed by atoms with Crippen molar-refractivity contribution in [1.29, 1.82) is 0 Å². The van der Waals surface area contributed by atoms with E-state index in [0.717, 1.165) is 13.1 Å². The van der Waals surface area contributed by atoms with Gasteiger partial charge in [0.05, 0.1) is 0 Å². The molecule has 2 atom stereocenters. The summed E-state index contributed by atoms with van der Waals surface area (Å²) in [6.45, 7) is 6.89. The molecule has 0 radical (unpaired) electrons. The Morgan fingerprint density at radius 2 is 2.18 bits per heavy atom. The SMILES string of the molecule is CNC1CCN(c2cccc(I)c2C)CC1C. The average molecular weight is 344 g/mol. The van der Waals surface area contributed by atoms with Crippen LogP contribution in [0.2, 0.25) is 0 Å². The lowest BCUT2D eigenvalue weighted by Crippen LogP contribution is -2.47. The summed E-state index contributed by atoms with van der Waals surface area (Å²) in [6, 6.07) is 7.28. The van der Waals surface area contributed by atoms with E-state index in [9.17, 15) is 0 Å². The molecule has 1 N–H and O–H groups in total. The molecule has 17 heavy (non-hydrogen) atoms. The van der Waals surface area contributed by atoms with Gasteiger partial charge in [0.1, 0.15) is 0 Å². The molecule has 2 unspecified atom stereocenters. The Morgan fingerprint density at radius 3 is 2.82 bits per heavy atom. The molecule has 3 heteroatoms. The van der Waals surface area contributed by atoms with E-state index in [2.05, 4.69) is 71.9 Å². The first-order valence-electron chi connectivity index (χ1n) is 6.30. The maximum Gasteiger partial charge on any atom is 0.0406 e. The van der Waals surface area contributed by atoms with E-state index in [1.165, 1.54) is 21.2 Å². The summed E-state index contributed by atoms with van der Waals surface area (Å²) < 4.78 is 1.36. The predicted molar refractivity (Wildman–Crippen MR) is 82.7 cm³/mol. The molecule has 0 aromatic heterocycles. The molecule has 1 aromatic carbocycles. The standard InChI is InChI=1S/C14H21IN2/c1-10-9-17(8-7-13(10)16-3)14-6-4-5-12(15)11(14)2/h4-6,10,13,16H,7-9H2,1-3H3. The molecule has 0 saturated carbocycles. The molecule has 0 spiro atoms. The summed E-state index contributed by atoms with van der Waals surface area (Å²) in [5, 5.41) is 3.42. The maximum absolute atomic E-state index is 3.42. The Balaban J connectivity index is 2.16. The number of halogens is 1. The van der Waals surface area contributed by atoms with Crippen LogP contribution in [0.3, 0.4) is 0 Å². The average Bonchev–Trinajstić information content (AvgIpc) is 2.32. The second kappa shape index (κ2) is 5.57. The largest absolute Gasteiger partial charge is 0.371 e. The first kappa shape index (κ1) is 13.1.